The molecule has 1 aliphatic carbocycles. The molecule has 0 aliphatic heterocycles. The van der Waals surface area contributed by atoms with Gasteiger partial charge in [0.25, 0.3) is 0 Å². The van der Waals surface area contributed by atoms with Crippen LogP contribution in [0.25, 0.3) is 0 Å². The van der Waals surface area contributed by atoms with E-state index in [1.165, 1.54) is 19.3 Å². The van der Waals surface area contributed by atoms with Gasteiger partial charge in [-0.3, -0.25) is 0 Å². The number of rotatable bonds is 5. The zero-order valence-electron chi connectivity index (χ0n) is 10.7. The van der Waals surface area contributed by atoms with Gasteiger partial charge in [-0.1, -0.05) is 26.7 Å². The van der Waals surface area contributed by atoms with Crippen LogP contribution >= 0.6 is 0 Å². The molecular weight excluding hydrogens is 200 g/mol. The molecule has 0 aromatic heterocycles. The molecule has 0 bridgehead atoms. The molecule has 1 rings (SSSR count). The molecule has 0 radical (unpaired) electrons. The van der Waals surface area contributed by atoms with Gasteiger partial charge in [-0.15, -0.1) is 0 Å². The summed E-state index contributed by atoms with van der Waals surface area (Å²) >= 11 is 0. The van der Waals surface area contributed by atoms with E-state index in [9.17, 15) is 4.79 Å². The number of hydrogen-bond acceptors (Lipinski definition) is 1. The van der Waals surface area contributed by atoms with E-state index in [-0.39, 0.29) is 6.03 Å². The molecule has 0 spiro atoms. The van der Waals surface area contributed by atoms with Crippen molar-refractivity contribution in [3.05, 3.63) is 0 Å². The summed E-state index contributed by atoms with van der Waals surface area (Å²) in [5.74, 6) is 0.890. The Morgan fingerprint density at radius 1 is 1.19 bits per heavy atom. The van der Waals surface area contributed by atoms with E-state index < -0.39 is 0 Å². The summed E-state index contributed by atoms with van der Waals surface area (Å²) in [6.07, 6.45) is 8.33. The van der Waals surface area contributed by atoms with Crippen molar-refractivity contribution in [2.24, 2.45) is 5.92 Å². The van der Waals surface area contributed by atoms with Gasteiger partial charge < -0.3 is 10.6 Å². The van der Waals surface area contributed by atoms with Crippen LogP contribution in [0.15, 0.2) is 0 Å². The topological polar surface area (TPSA) is 41.1 Å². The molecule has 1 fully saturated rings. The fraction of sp³-hybridized carbons (Fsp3) is 0.923. The molecule has 16 heavy (non-hydrogen) atoms. The lowest BCUT2D eigenvalue weighted by atomic mass is 9.85. The molecule has 0 heterocycles. The largest absolute Gasteiger partial charge is 0.338 e. The lowest BCUT2D eigenvalue weighted by molar-refractivity contribution is 0.226. The first-order chi connectivity index (χ1) is 7.76. The highest BCUT2D eigenvalue weighted by molar-refractivity contribution is 5.74. The average molecular weight is 226 g/mol. The molecule has 0 aromatic carbocycles. The number of amides is 2. The predicted octanol–water partition coefficient (Wildman–Crippen LogP) is 3.05. The molecule has 2 N–H and O–H groups in total. The minimum Gasteiger partial charge on any atom is -0.338 e. The van der Waals surface area contributed by atoms with E-state index in [4.69, 9.17) is 0 Å². The highest BCUT2D eigenvalue weighted by atomic mass is 16.2. The van der Waals surface area contributed by atoms with Crippen LogP contribution in [0.5, 0.6) is 0 Å². The third-order valence-corrected chi connectivity index (χ3v) is 3.58. The summed E-state index contributed by atoms with van der Waals surface area (Å²) in [6, 6.07) is 0.429. The van der Waals surface area contributed by atoms with E-state index in [2.05, 4.69) is 24.5 Å². The second-order valence-electron chi connectivity index (χ2n) is 4.88. The lowest BCUT2D eigenvalue weighted by Crippen LogP contribution is -2.43. The molecule has 3 heteroatoms. The van der Waals surface area contributed by atoms with Crippen molar-refractivity contribution in [1.29, 1.82) is 0 Å². The highest BCUT2D eigenvalue weighted by Gasteiger charge is 2.20. The fourth-order valence-electron chi connectivity index (χ4n) is 2.33. The van der Waals surface area contributed by atoms with Gasteiger partial charge in [0.1, 0.15) is 0 Å². The Morgan fingerprint density at radius 3 is 2.44 bits per heavy atom. The minimum absolute atomic E-state index is 0.0217. The number of nitrogens with one attached hydrogen (secondary N) is 2. The molecule has 94 valence electrons. The van der Waals surface area contributed by atoms with Crippen LogP contribution in [0, 0.1) is 5.92 Å². The Labute approximate surface area is 99.4 Å². The SMILES string of the molecule is CCCCNC(=O)NC1CCC(CC)CC1. The maximum atomic E-state index is 11.5. The summed E-state index contributed by atoms with van der Waals surface area (Å²) in [7, 11) is 0. The average Bonchev–Trinajstić information content (AvgIpc) is 2.30. The standard InChI is InChI=1S/C13H26N2O/c1-3-5-10-14-13(16)15-12-8-6-11(4-2)7-9-12/h11-12H,3-10H2,1-2H3,(H2,14,15,16). The van der Waals surface area contributed by atoms with E-state index in [0.717, 1.165) is 38.1 Å². The number of carbonyl (C=O) groups is 1. The normalized spacial score (nSPS) is 25.1. The maximum absolute atomic E-state index is 11.5. The number of carbonyl (C=O) groups excluding carboxylic acids is 1. The summed E-state index contributed by atoms with van der Waals surface area (Å²) < 4.78 is 0. The molecule has 1 aliphatic rings. The Bertz CT molecular complexity index is 198. The molecule has 2 amide bonds. The second-order valence-corrected chi connectivity index (χ2v) is 4.88. The molecule has 0 aromatic rings. The van der Waals surface area contributed by atoms with E-state index >= 15 is 0 Å². The zero-order valence-corrected chi connectivity index (χ0v) is 10.7. The van der Waals surface area contributed by atoms with Crippen LogP contribution in [0.4, 0.5) is 4.79 Å². The molecule has 0 saturated heterocycles. The minimum atomic E-state index is 0.0217. The van der Waals surface area contributed by atoms with E-state index in [1.54, 1.807) is 0 Å². The molecular formula is C13H26N2O. The van der Waals surface area contributed by atoms with Crippen molar-refractivity contribution in [3.8, 4) is 0 Å². The van der Waals surface area contributed by atoms with Gasteiger partial charge in [0.15, 0.2) is 0 Å². The third kappa shape index (κ3) is 4.86. The first-order valence-electron chi connectivity index (χ1n) is 6.80. The van der Waals surface area contributed by atoms with Crippen LogP contribution in [-0.4, -0.2) is 18.6 Å². The second kappa shape index (κ2) is 7.53. The fourth-order valence-corrected chi connectivity index (χ4v) is 2.33. The van der Waals surface area contributed by atoms with Gasteiger partial charge in [-0.05, 0) is 38.0 Å². The van der Waals surface area contributed by atoms with Gasteiger partial charge in [0.2, 0.25) is 0 Å². The number of hydrogen-bond donors (Lipinski definition) is 2. The van der Waals surface area contributed by atoms with Crippen molar-refractivity contribution in [1.82, 2.24) is 10.6 Å². The van der Waals surface area contributed by atoms with Crippen molar-refractivity contribution in [2.75, 3.05) is 6.54 Å². The van der Waals surface area contributed by atoms with E-state index in [1.807, 2.05) is 0 Å². The smallest absolute Gasteiger partial charge is 0.315 e. The first-order valence-corrected chi connectivity index (χ1v) is 6.80. The van der Waals surface area contributed by atoms with Crippen molar-refractivity contribution < 1.29 is 4.79 Å². The summed E-state index contributed by atoms with van der Waals surface area (Å²) in [4.78, 5) is 11.5. The zero-order chi connectivity index (χ0) is 11.8. The number of urea groups is 1. The molecule has 0 atom stereocenters. The Balaban J connectivity index is 2.10. The highest BCUT2D eigenvalue weighted by Crippen LogP contribution is 2.26. The van der Waals surface area contributed by atoms with Crippen LogP contribution in [0.3, 0.4) is 0 Å². The Kier molecular flexibility index (Phi) is 6.27. The van der Waals surface area contributed by atoms with Crippen LogP contribution in [-0.2, 0) is 0 Å². The molecule has 0 unspecified atom stereocenters. The van der Waals surface area contributed by atoms with E-state index in [0.29, 0.717) is 6.04 Å². The van der Waals surface area contributed by atoms with Crippen LogP contribution in [0.1, 0.15) is 58.8 Å². The summed E-state index contributed by atoms with van der Waals surface area (Å²) in [5, 5.41) is 5.98. The van der Waals surface area contributed by atoms with Crippen molar-refractivity contribution >= 4 is 6.03 Å². The Morgan fingerprint density at radius 2 is 1.88 bits per heavy atom. The quantitative estimate of drug-likeness (QED) is 0.695. The van der Waals surface area contributed by atoms with Gasteiger partial charge in [-0.25, -0.2) is 4.79 Å². The molecule has 3 nitrogen and oxygen atoms in total. The van der Waals surface area contributed by atoms with Gasteiger partial charge in [-0.2, -0.15) is 0 Å². The first kappa shape index (κ1) is 13.3. The number of unbranched alkanes of at least 4 members (excludes halogenated alkanes) is 1. The maximum Gasteiger partial charge on any atom is 0.315 e. The summed E-state index contributed by atoms with van der Waals surface area (Å²) in [5.41, 5.74) is 0. The van der Waals surface area contributed by atoms with Gasteiger partial charge in [0.05, 0.1) is 0 Å². The Hall–Kier alpha value is -0.730. The van der Waals surface area contributed by atoms with Crippen LogP contribution < -0.4 is 10.6 Å². The third-order valence-electron chi connectivity index (χ3n) is 3.58. The van der Waals surface area contributed by atoms with Crippen molar-refractivity contribution in [2.45, 2.75) is 64.8 Å². The monoisotopic (exact) mass is 226 g/mol. The predicted molar refractivity (Wildman–Crippen MR) is 67.5 cm³/mol. The van der Waals surface area contributed by atoms with Gasteiger partial charge in [0, 0.05) is 12.6 Å². The lowest BCUT2D eigenvalue weighted by Gasteiger charge is -2.28. The summed E-state index contributed by atoms with van der Waals surface area (Å²) in [6.45, 7) is 5.19. The van der Waals surface area contributed by atoms with Crippen LogP contribution in [0.2, 0.25) is 0 Å². The van der Waals surface area contributed by atoms with Gasteiger partial charge >= 0.3 is 6.03 Å². The van der Waals surface area contributed by atoms with Crippen molar-refractivity contribution in [3.63, 3.8) is 0 Å². The molecule has 1 saturated carbocycles.